The molecule has 268 valence electrons. The largest absolute Gasteiger partial charge is 0.444 e. The highest BCUT2D eigenvalue weighted by atomic mass is 19.2. The second kappa shape index (κ2) is 15.2. The molecule has 1 saturated heterocycles. The van der Waals surface area contributed by atoms with E-state index in [4.69, 9.17) is 4.74 Å². The monoisotopic (exact) mass is 695 g/mol. The fraction of sp³-hybridized carbons (Fsp3) is 0.514. The van der Waals surface area contributed by atoms with Crippen molar-refractivity contribution in [1.29, 1.82) is 0 Å². The van der Waals surface area contributed by atoms with Crippen molar-refractivity contribution in [2.24, 2.45) is 5.92 Å². The molecule has 3 N–H and O–H groups in total. The van der Waals surface area contributed by atoms with E-state index >= 15 is 0 Å². The van der Waals surface area contributed by atoms with Gasteiger partial charge in [0.1, 0.15) is 23.5 Å². The molecule has 2 aromatic carbocycles. The molecule has 3 heterocycles. The Balaban J connectivity index is 1.23. The van der Waals surface area contributed by atoms with Gasteiger partial charge in [-0.1, -0.05) is 50.1 Å². The minimum absolute atomic E-state index is 0.00151. The molecule has 2 aromatic rings. The van der Waals surface area contributed by atoms with E-state index in [1.165, 1.54) is 21.9 Å². The number of hydrogen-bond acceptors (Lipinski definition) is 6. The molecule has 5 atom stereocenters. The molecule has 10 nitrogen and oxygen atoms in total. The van der Waals surface area contributed by atoms with E-state index in [0.29, 0.717) is 42.5 Å². The van der Waals surface area contributed by atoms with E-state index in [9.17, 15) is 32.3 Å². The molecule has 3 aliphatic heterocycles. The predicted molar refractivity (Wildman–Crippen MR) is 178 cm³/mol. The van der Waals surface area contributed by atoms with Crippen LogP contribution in [0.15, 0.2) is 48.6 Å². The Morgan fingerprint density at radius 2 is 1.88 bits per heavy atom. The molecule has 13 heteroatoms. The highest BCUT2D eigenvalue weighted by Crippen LogP contribution is 2.45. The zero-order chi connectivity index (χ0) is 35.4. The lowest BCUT2D eigenvalue weighted by Crippen LogP contribution is -2.57. The first kappa shape index (κ1) is 35.4. The maximum Gasteiger partial charge on any atom is 0.410 e. The third kappa shape index (κ3) is 7.67. The zero-order valence-electron chi connectivity index (χ0n) is 28.2. The molecule has 1 saturated carbocycles. The summed E-state index contributed by atoms with van der Waals surface area (Å²) in [7, 11) is 0. The summed E-state index contributed by atoms with van der Waals surface area (Å²) in [6.45, 7) is 2.61. The summed E-state index contributed by atoms with van der Waals surface area (Å²) in [6.07, 6.45) is 7.23. The van der Waals surface area contributed by atoms with E-state index < -0.39 is 59.1 Å². The van der Waals surface area contributed by atoms with Crippen LogP contribution in [0.3, 0.4) is 0 Å². The van der Waals surface area contributed by atoms with Crippen molar-refractivity contribution >= 4 is 23.8 Å². The number of rotatable bonds is 7. The molecular weight excluding hydrogens is 651 g/mol. The van der Waals surface area contributed by atoms with Gasteiger partial charge < -0.3 is 25.6 Å². The molecule has 0 radical (unpaired) electrons. The Morgan fingerprint density at radius 1 is 1.04 bits per heavy atom. The van der Waals surface area contributed by atoms with Gasteiger partial charge in [-0.3, -0.25) is 19.3 Å². The molecule has 4 aliphatic rings. The molecule has 0 unspecified atom stereocenters. The lowest BCUT2D eigenvalue weighted by molar-refractivity contribution is -0.141. The maximum atomic E-state index is 14.4. The van der Waals surface area contributed by atoms with Gasteiger partial charge in [-0.2, -0.15) is 0 Å². The highest BCUT2D eigenvalue weighted by Gasteiger charge is 2.61. The van der Waals surface area contributed by atoms with Crippen LogP contribution < -0.4 is 16.0 Å². The van der Waals surface area contributed by atoms with Crippen molar-refractivity contribution in [2.75, 3.05) is 13.1 Å². The van der Waals surface area contributed by atoms with E-state index in [0.717, 1.165) is 37.8 Å². The molecule has 50 heavy (non-hydrogen) atoms. The number of amides is 4. The number of hydrogen-bond donors (Lipinski definition) is 3. The summed E-state index contributed by atoms with van der Waals surface area (Å²) in [5, 5.41) is 9.09. The standard InChI is InChI=1S/C37H44F3N5O5/c1-2-15-41-35(48)37-18-25(37)10-6-4-3-5-7-12-31(42-19-23-13-14-29(39)30(40)16-23)34(47)45-21-26(17-32(45)33(46)43-37)50-36(49)44-20-24-9-8-11-28(38)27(24)22-44/h6,8-11,13-14,16,25-26,31-32,42H,2-5,7,12,15,17-22H2,1H3,(H,41,48)(H,43,46)/t25-,26-,31+,32+,37-/m1/s1. The van der Waals surface area contributed by atoms with Gasteiger partial charge in [-0.25, -0.2) is 18.0 Å². The molecule has 6 rings (SSSR count). The number of carbonyl (C=O) groups excluding carboxylic acids is 4. The number of allylic oxidation sites excluding steroid dienone is 1. The van der Waals surface area contributed by atoms with Gasteiger partial charge in [0, 0.05) is 37.5 Å². The fourth-order valence-corrected chi connectivity index (χ4v) is 7.23. The van der Waals surface area contributed by atoms with E-state index in [1.807, 2.05) is 19.1 Å². The number of carbonyl (C=O) groups is 4. The SMILES string of the molecule is CCCNC(=O)[C@@]12C[C@H]1C=CCCCCC[C@H](NCc1ccc(F)c(F)c1)C(=O)N1C[C@H](OC(=O)N3Cc4cccc(F)c4C3)C[C@H]1C(=O)N2. The van der Waals surface area contributed by atoms with E-state index in [1.54, 1.807) is 12.1 Å². The van der Waals surface area contributed by atoms with Crippen LogP contribution >= 0.6 is 0 Å². The second-order valence-corrected chi connectivity index (χ2v) is 13.8. The van der Waals surface area contributed by atoms with Gasteiger partial charge in [0.25, 0.3) is 0 Å². The Kier molecular flexibility index (Phi) is 10.8. The Hall–Kier alpha value is -4.39. The van der Waals surface area contributed by atoms with Gasteiger partial charge in [0.05, 0.1) is 19.1 Å². The minimum Gasteiger partial charge on any atom is -0.444 e. The first-order chi connectivity index (χ1) is 24.1. The predicted octanol–water partition coefficient (Wildman–Crippen LogP) is 4.61. The third-order valence-corrected chi connectivity index (χ3v) is 10.2. The summed E-state index contributed by atoms with van der Waals surface area (Å²) in [6, 6.07) is 6.39. The number of fused-ring (bicyclic) bond motifs is 3. The van der Waals surface area contributed by atoms with Crippen LogP contribution in [0.5, 0.6) is 0 Å². The normalized spacial score (nSPS) is 26.6. The van der Waals surface area contributed by atoms with Crippen LogP contribution in [0.1, 0.15) is 75.0 Å². The van der Waals surface area contributed by atoms with Gasteiger partial charge in [-0.15, -0.1) is 0 Å². The molecule has 2 fully saturated rings. The topological polar surface area (TPSA) is 120 Å². The van der Waals surface area contributed by atoms with Crippen LogP contribution in [0.4, 0.5) is 18.0 Å². The Bertz CT molecular complexity index is 1660. The van der Waals surface area contributed by atoms with Crippen LogP contribution in [-0.4, -0.2) is 70.4 Å². The summed E-state index contributed by atoms with van der Waals surface area (Å²) in [5.74, 6) is -3.77. The quantitative estimate of drug-likeness (QED) is 0.365. The van der Waals surface area contributed by atoms with Gasteiger partial charge in [0.2, 0.25) is 17.7 Å². The number of nitrogens with one attached hydrogen (secondary N) is 3. The van der Waals surface area contributed by atoms with Crippen LogP contribution in [-0.2, 0) is 38.8 Å². The lowest BCUT2D eigenvalue weighted by Gasteiger charge is -2.30. The molecule has 0 bridgehead atoms. The first-order valence-corrected chi connectivity index (χ1v) is 17.6. The van der Waals surface area contributed by atoms with Crippen molar-refractivity contribution in [3.8, 4) is 0 Å². The van der Waals surface area contributed by atoms with Gasteiger partial charge in [-0.05, 0) is 61.4 Å². The second-order valence-electron chi connectivity index (χ2n) is 13.8. The summed E-state index contributed by atoms with van der Waals surface area (Å²) in [5.41, 5.74) is 0.406. The average molecular weight is 696 g/mol. The van der Waals surface area contributed by atoms with Crippen molar-refractivity contribution in [3.63, 3.8) is 0 Å². The molecule has 0 spiro atoms. The van der Waals surface area contributed by atoms with Gasteiger partial charge >= 0.3 is 6.09 Å². The Labute approximate surface area is 289 Å². The van der Waals surface area contributed by atoms with Crippen molar-refractivity contribution < 1.29 is 37.1 Å². The zero-order valence-corrected chi connectivity index (χ0v) is 28.2. The first-order valence-electron chi connectivity index (χ1n) is 17.6. The number of nitrogens with zero attached hydrogens (tertiary/aromatic N) is 2. The van der Waals surface area contributed by atoms with Crippen LogP contribution in [0, 0.1) is 23.4 Å². The number of ether oxygens (including phenoxy) is 1. The third-order valence-electron chi connectivity index (χ3n) is 10.2. The number of benzene rings is 2. The average Bonchev–Trinajstić information content (AvgIpc) is 3.39. The maximum absolute atomic E-state index is 14.4. The molecule has 0 aromatic heterocycles. The molecular formula is C37H44F3N5O5. The highest BCUT2D eigenvalue weighted by molar-refractivity contribution is 5.98. The Morgan fingerprint density at radius 3 is 2.66 bits per heavy atom. The summed E-state index contributed by atoms with van der Waals surface area (Å²) >= 11 is 0. The van der Waals surface area contributed by atoms with E-state index in [-0.39, 0.29) is 44.4 Å². The van der Waals surface area contributed by atoms with Crippen molar-refractivity contribution in [3.05, 3.63) is 82.7 Å². The number of halogens is 3. The van der Waals surface area contributed by atoms with Crippen LogP contribution in [0.2, 0.25) is 0 Å². The lowest BCUT2D eigenvalue weighted by atomic mass is 10.0. The summed E-state index contributed by atoms with van der Waals surface area (Å²) < 4.78 is 47.8. The molecule has 4 amide bonds. The van der Waals surface area contributed by atoms with Crippen molar-refractivity contribution in [2.45, 2.75) is 102 Å². The van der Waals surface area contributed by atoms with Gasteiger partial charge in [0.15, 0.2) is 11.6 Å². The fourth-order valence-electron chi connectivity index (χ4n) is 7.23. The minimum atomic E-state index is -1.15. The molecule has 1 aliphatic carbocycles. The van der Waals surface area contributed by atoms with E-state index in [2.05, 4.69) is 16.0 Å². The summed E-state index contributed by atoms with van der Waals surface area (Å²) in [4.78, 5) is 58.0. The van der Waals surface area contributed by atoms with Crippen LogP contribution in [0.25, 0.3) is 0 Å². The smallest absolute Gasteiger partial charge is 0.410 e. The van der Waals surface area contributed by atoms with Crippen molar-refractivity contribution in [1.82, 2.24) is 25.8 Å².